The van der Waals surface area contributed by atoms with Crippen molar-refractivity contribution in [3.8, 4) is 0 Å². The number of rotatable bonds is 5. The van der Waals surface area contributed by atoms with E-state index < -0.39 is 0 Å². The lowest BCUT2D eigenvalue weighted by Crippen LogP contribution is -2.22. The molecule has 1 aromatic rings. The normalized spacial score (nSPS) is 10.5. The zero-order chi connectivity index (χ0) is 12.0. The first-order valence-corrected chi connectivity index (χ1v) is 5.97. The van der Waals surface area contributed by atoms with E-state index in [2.05, 4.69) is 19.2 Å². The molecule has 88 valence electrons. The fourth-order valence-electron chi connectivity index (χ4n) is 1.36. The average molecular weight is 240 g/mol. The summed E-state index contributed by atoms with van der Waals surface area (Å²) in [6, 6.07) is 7.53. The van der Waals surface area contributed by atoms with E-state index in [1.807, 2.05) is 24.3 Å². The van der Waals surface area contributed by atoms with E-state index in [-0.39, 0.29) is 5.91 Å². The van der Waals surface area contributed by atoms with Crippen molar-refractivity contribution < 1.29 is 4.79 Å². The molecule has 0 unspecified atom stereocenters. The number of carbonyl (C=O) groups is 1. The molecule has 1 amide bonds. The number of amides is 1. The van der Waals surface area contributed by atoms with Crippen LogP contribution in [0, 0.1) is 5.92 Å². The summed E-state index contributed by atoms with van der Waals surface area (Å²) in [4.78, 5) is 11.5. The average Bonchev–Trinajstić information content (AvgIpc) is 2.23. The molecular weight excluding hydrogens is 222 g/mol. The van der Waals surface area contributed by atoms with E-state index in [0.717, 1.165) is 12.0 Å². The van der Waals surface area contributed by atoms with Crippen LogP contribution in [0.3, 0.4) is 0 Å². The molecule has 0 fully saturated rings. The molecule has 16 heavy (non-hydrogen) atoms. The molecule has 0 aliphatic carbocycles. The highest BCUT2D eigenvalue weighted by Crippen LogP contribution is 2.10. The van der Waals surface area contributed by atoms with Crippen molar-refractivity contribution in [1.82, 2.24) is 5.32 Å². The first-order chi connectivity index (χ1) is 7.58. The molecule has 0 saturated carbocycles. The fourth-order valence-corrected chi connectivity index (χ4v) is 1.57. The Kier molecular flexibility index (Phi) is 5.33. The smallest absolute Gasteiger partial charge is 0.220 e. The van der Waals surface area contributed by atoms with E-state index in [1.165, 1.54) is 0 Å². The van der Waals surface area contributed by atoms with Crippen molar-refractivity contribution in [2.45, 2.75) is 33.2 Å². The predicted molar refractivity (Wildman–Crippen MR) is 67.4 cm³/mol. The van der Waals surface area contributed by atoms with Crippen LogP contribution in [0.4, 0.5) is 0 Å². The van der Waals surface area contributed by atoms with Crippen LogP contribution >= 0.6 is 11.6 Å². The molecule has 1 aromatic carbocycles. The van der Waals surface area contributed by atoms with Gasteiger partial charge in [0, 0.05) is 18.0 Å². The quantitative estimate of drug-likeness (QED) is 0.839. The second-order valence-corrected chi connectivity index (χ2v) is 4.78. The molecule has 0 atom stereocenters. The van der Waals surface area contributed by atoms with Crippen LogP contribution in [0.5, 0.6) is 0 Å². The monoisotopic (exact) mass is 239 g/mol. The first-order valence-electron chi connectivity index (χ1n) is 5.59. The van der Waals surface area contributed by atoms with Gasteiger partial charge in [-0.3, -0.25) is 4.79 Å². The van der Waals surface area contributed by atoms with Crippen LogP contribution in [0.1, 0.15) is 32.3 Å². The molecular formula is C13H18ClNO. The van der Waals surface area contributed by atoms with Crippen LogP contribution in [-0.2, 0) is 11.3 Å². The molecule has 0 radical (unpaired) electrons. The number of carbonyl (C=O) groups excluding carboxylic acids is 1. The molecule has 0 spiro atoms. The lowest BCUT2D eigenvalue weighted by molar-refractivity contribution is -0.121. The minimum absolute atomic E-state index is 0.105. The van der Waals surface area contributed by atoms with Crippen molar-refractivity contribution in [2.75, 3.05) is 0 Å². The van der Waals surface area contributed by atoms with Crippen LogP contribution in [0.25, 0.3) is 0 Å². The summed E-state index contributed by atoms with van der Waals surface area (Å²) in [5.74, 6) is 0.672. The summed E-state index contributed by atoms with van der Waals surface area (Å²) in [6.07, 6.45) is 1.53. The molecule has 1 N–H and O–H groups in total. The fraction of sp³-hybridized carbons (Fsp3) is 0.462. The van der Waals surface area contributed by atoms with E-state index in [4.69, 9.17) is 11.6 Å². The highest BCUT2D eigenvalue weighted by molar-refractivity contribution is 6.30. The zero-order valence-electron chi connectivity index (χ0n) is 9.79. The van der Waals surface area contributed by atoms with Gasteiger partial charge >= 0.3 is 0 Å². The Labute approximate surface area is 102 Å². The number of nitrogens with one attached hydrogen (secondary N) is 1. The van der Waals surface area contributed by atoms with Gasteiger partial charge in [0.2, 0.25) is 5.91 Å². The van der Waals surface area contributed by atoms with Crippen LogP contribution in [0.15, 0.2) is 24.3 Å². The van der Waals surface area contributed by atoms with Gasteiger partial charge in [0.15, 0.2) is 0 Å². The lowest BCUT2D eigenvalue weighted by atomic mass is 10.1. The van der Waals surface area contributed by atoms with Gasteiger partial charge in [-0.1, -0.05) is 37.6 Å². The lowest BCUT2D eigenvalue weighted by Gasteiger charge is -2.07. The maximum Gasteiger partial charge on any atom is 0.220 e. The maximum atomic E-state index is 11.5. The minimum atomic E-state index is 0.105. The molecule has 0 heterocycles. The number of hydrogen-bond acceptors (Lipinski definition) is 1. The van der Waals surface area contributed by atoms with E-state index in [1.54, 1.807) is 0 Å². The second kappa shape index (κ2) is 6.54. The Bertz CT molecular complexity index is 350. The SMILES string of the molecule is CC(C)CCC(=O)NCc1cccc(Cl)c1. The van der Waals surface area contributed by atoms with Gasteiger partial charge in [-0.05, 0) is 30.0 Å². The second-order valence-electron chi connectivity index (χ2n) is 4.34. The van der Waals surface area contributed by atoms with Crippen LogP contribution in [0.2, 0.25) is 5.02 Å². The first kappa shape index (κ1) is 13.0. The summed E-state index contributed by atoms with van der Waals surface area (Å²) < 4.78 is 0. The Morgan fingerprint density at radius 1 is 1.44 bits per heavy atom. The minimum Gasteiger partial charge on any atom is -0.352 e. The topological polar surface area (TPSA) is 29.1 Å². The van der Waals surface area contributed by atoms with Crippen molar-refractivity contribution in [2.24, 2.45) is 5.92 Å². The molecule has 2 nitrogen and oxygen atoms in total. The summed E-state index contributed by atoms with van der Waals surface area (Å²) in [6.45, 7) is 4.78. The van der Waals surface area contributed by atoms with E-state index in [0.29, 0.717) is 23.9 Å². The number of halogens is 1. The Hall–Kier alpha value is -1.02. The van der Waals surface area contributed by atoms with Gasteiger partial charge in [-0.15, -0.1) is 0 Å². The molecule has 0 aliphatic rings. The third-order valence-electron chi connectivity index (χ3n) is 2.33. The third-order valence-corrected chi connectivity index (χ3v) is 2.56. The Morgan fingerprint density at radius 2 is 2.19 bits per heavy atom. The molecule has 0 saturated heterocycles. The summed E-state index contributed by atoms with van der Waals surface area (Å²) in [7, 11) is 0. The predicted octanol–water partition coefficient (Wildman–Crippen LogP) is 3.39. The molecule has 0 aromatic heterocycles. The number of benzene rings is 1. The maximum absolute atomic E-state index is 11.5. The highest BCUT2D eigenvalue weighted by Gasteiger charge is 2.03. The third kappa shape index (κ3) is 5.17. The highest BCUT2D eigenvalue weighted by atomic mass is 35.5. The number of hydrogen-bond donors (Lipinski definition) is 1. The van der Waals surface area contributed by atoms with Crippen molar-refractivity contribution in [3.63, 3.8) is 0 Å². The van der Waals surface area contributed by atoms with Gasteiger partial charge in [0.25, 0.3) is 0 Å². The zero-order valence-corrected chi connectivity index (χ0v) is 10.6. The summed E-state index contributed by atoms with van der Waals surface area (Å²) in [5, 5.41) is 3.59. The molecule has 0 bridgehead atoms. The summed E-state index contributed by atoms with van der Waals surface area (Å²) in [5.41, 5.74) is 1.03. The van der Waals surface area contributed by atoms with Gasteiger partial charge < -0.3 is 5.32 Å². The molecule has 3 heteroatoms. The van der Waals surface area contributed by atoms with Crippen molar-refractivity contribution in [1.29, 1.82) is 0 Å². The van der Waals surface area contributed by atoms with Gasteiger partial charge in [-0.2, -0.15) is 0 Å². The Morgan fingerprint density at radius 3 is 2.81 bits per heavy atom. The van der Waals surface area contributed by atoms with Gasteiger partial charge in [-0.25, -0.2) is 0 Å². The van der Waals surface area contributed by atoms with Crippen molar-refractivity contribution >= 4 is 17.5 Å². The van der Waals surface area contributed by atoms with Crippen LogP contribution in [-0.4, -0.2) is 5.91 Å². The summed E-state index contributed by atoms with van der Waals surface area (Å²) >= 11 is 5.85. The van der Waals surface area contributed by atoms with Gasteiger partial charge in [0.05, 0.1) is 0 Å². The van der Waals surface area contributed by atoms with Crippen LogP contribution < -0.4 is 5.32 Å². The van der Waals surface area contributed by atoms with E-state index in [9.17, 15) is 4.79 Å². The van der Waals surface area contributed by atoms with Crippen molar-refractivity contribution in [3.05, 3.63) is 34.9 Å². The molecule has 0 aliphatic heterocycles. The van der Waals surface area contributed by atoms with E-state index >= 15 is 0 Å². The largest absolute Gasteiger partial charge is 0.352 e. The molecule has 1 rings (SSSR count). The van der Waals surface area contributed by atoms with Gasteiger partial charge in [0.1, 0.15) is 0 Å². The Balaban J connectivity index is 2.31. The standard InChI is InChI=1S/C13H18ClNO/c1-10(2)6-7-13(16)15-9-11-4-3-5-12(14)8-11/h3-5,8,10H,6-7,9H2,1-2H3,(H,15,16).